The third kappa shape index (κ3) is 4.16. The van der Waals surface area contributed by atoms with Crippen molar-refractivity contribution < 1.29 is 9.21 Å². The van der Waals surface area contributed by atoms with Crippen molar-refractivity contribution in [2.75, 3.05) is 11.9 Å². The molecule has 7 heteroatoms. The minimum absolute atomic E-state index is 0.0993. The van der Waals surface area contributed by atoms with Crippen LogP contribution in [0.4, 0.5) is 6.01 Å². The number of aromatic nitrogens is 2. The van der Waals surface area contributed by atoms with Crippen LogP contribution in [0, 0.1) is 0 Å². The number of hydrogen-bond donors (Lipinski definition) is 2. The third-order valence-corrected chi connectivity index (χ3v) is 1.66. The molecule has 0 aliphatic carbocycles. The first-order valence-electron chi connectivity index (χ1n) is 4.53. The van der Waals surface area contributed by atoms with Gasteiger partial charge in [-0.3, -0.25) is 4.79 Å². The normalized spacial score (nSPS) is 10.4. The second kappa shape index (κ2) is 5.55. The zero-order valence-electron chi connectivity index (χ0n) is 8.58. The van der Waals surface area contributed by atoms with Gasteiger partial charge in [0.2, 0.25) is 11.8 Å². The molecular formula is C8H13ClN4O2. The van der Waals surface area contributed by atoms with Crippen LogP contribution in [0.3, 0.4) is 0 Å². The standard InChI is InChI=1S/C8H13ClN4O2/c1-5(2)11-6(14)4-10-8-13-12-7(3-9)15-8/h5H,3-4H2,1-2H3,(H,10,13)(H,11,14). The van der Waals surface area contributed by atoms with Crippen LogP contribution in [0.25, 0.3) is 0 Å². The molecule has 0 spiro atoms. The summed E-state index contributed by atoms with van der Waals surface area (Å²) in [6, 6.07) is 0.310. The van der Waals surface area contributed by atoms with Crippen molar-refractivity contribution >= 4 is 23.5 Å². The van der Waals surface area contributed by atoms with Crippen molar-refractivity contribution in [1.29, 1.82) is 0 Å². The van der Waals surface area contributed by atoms with Crippen LogP contribution < -0.4 is 10.6 Å². The van der Waals surface area contributed by atoms with Crippen LogP contribution in [0.1, 0.15) is 19.7 Å². The molecule has 0 saturated carbocycles. The lowest BCUT2D eigenvalue weighted by Crippen LogP contribution is -2.34. The van der Waals surface area contributed by atoms with Crippen LogP contribution in [0.15, 0.2) is 4.42 Å². The van der Waals surface area contributed by atoms with E-state index in [-0.39, 0.29) is 30.4 Å². The molecule has 1 amide bonds. The maximum atomic E-state index is 11.2. The Morgan fingerprint density at radius 1 is 1.53 bits per heavy atom. The number of carbonyl (C=O) groups excluding carboxylic acids is 1. The summed E-state index contributed by atoms with van der Waals surface area (Å²) < 4.78 is 5.04. The van der Waals surface area contributed by atoms with Gasteiger partial charge in [-0.1, -0.05) is 5.10 Å². The lowest BCUT2D eigenvalue weighted by Gasteiger charge is -2.07. The highest BCUT2D eigenvalue weighted by Gasteiger charge is 2.07. The van der Waals surface area contributed by atoms with Gasteiger partial charge < -0.3 is 15.1 Å². The number of nitrogens with one attached hydrogen (secondary N) is 2. The van der Waals surface area contributed by atoms with Crippen molar-refractivity contribution in [3.63, 3.8) is 0 Å². The third-order valence-electron chi connectivity index (χ3n) is 1.43. The quantitative estimate of drug-likeness (QED) is 0.733. The number of rotatable bonds is 5. The lowest BCUT2D eigenvalue weighted by molar-refractivity contribution is -0.119. The van der Waals surface area contributed by atoms with Crippen LogP contribution >= 0.6 is 11.6 Å². The summed E-state index contributed by atoms with van der Waals surface area (Å²) in [4.78, 5) is 11.2. The Morgan fingerprint density at radius 3 is 2.80 bits per heavy atom. The fourth-order valence-corrected chi connectivity index (χ4v) is 1.02. The van der Waals surface area contributed by atoms with Gasteiger partial charge in [0.15, 0.2) is 0 Å². The summed E-state index contributed by atoms with van der Waals surface area (Å²) in [5, 5.41) is 12.7. The van der Waals surface area contributed by atoms with Gasteiger partial charge in [-0.15, -0.1) is 16.7 Å². The minimum atomic E-state index is -0.129. The van der Waals surface area contributed by atoms with Gasteiger partial charge >= 0.3 is 6.01 Å². The number of anilines is 1. The number of amides is 1. The van der Waals surface area contributed by atoms with Crippen molar-refractivity contribution in [1.82, 2.24) is 15.5 Å². The van der Waals surface area contributed by atoms with Crippen LogP contribution in [0.5, 0.6) is 0 Å². The summed E-state index contributed by atoms with van der Waals surface area (Å²) in [5.41, 5.74) is 0. The van der Waals surface area contributed by atoms with E-state index in [9.17, 15) is 4.79 Å². The summed E-state index contributed by atoms with van der Waals surface area (Å²) in [5.74, 6) is 0.353. The van der Waals surface area contributed by atoms with Crippen molar-refractivity contribution in [3.05, 3.63) is 5.89 Å². The topological polar surface area (TPSA) is 80.0 Å². The van der Waals surface area contributed by atoms with Gasteiger partial charge in [-0.05, 0) is 13.8 Å². The number of halogens is 1. The molecule has 0 aromatic carbocycles. The Bertz CT molecular complexity index is 326. The predicted octanol–water partition coefficient (Wildman–Crippen LogP) is 0.745. The van der Waals surface area contributed by atoms with Crippen molar-refractivity contribution in [2.24, 2.45) is 0 Å². The smallest absolute Gasteiger partial charge is 0.315 e. The molecule has 0 fully saturated rings. The Labute approximate surface area is 92.4 Å². The second-order valence-corrected chi connectivity index (χ2v) is 3.48. The fraction of sp³-hybridized carbons (Fsp3) is 0.625. The Kier molecular flexibility index (Phi) is 4.36. The first-order chi connectivity index (χ1) is 7.11. The molecule has 0 atom stereocenters. The molecule has 6 nitrogen and oxygen atoms in total. The molecule has 1 aromatic heterocycles. The molecule has 84 valence electrons. The average molecular weight is 233 g/mol. The maximum absolute atomic E-state index is 11.2. The molecule has 2 N–H and O–H groups in total. The molecule has 0 bridgehead atoms. The summed E-state index contributed by atoms with van der Waals surface area (Å²) in [6.45, 7) is 3.87. The highest BCUT2D eigenvalue weighted by molar-refractivity contribution is 6.16. The molecule has 1 rings (SSSR count). The summed E-state index contributed by atoms with van der Waals surface area (Å²) >= 11 is 5.47. The van der Waals surface area contributed by atoms with E-state index in [1.54, 1.807) is 0 Å². The van der Waals surface area contributed by atoms with Gasteiger partial charge in [0.25, 0.3) is 0 Å². The predicted molar refractivity (Wildman–Crippen MR) is 55.6 cm³/mol. The molecule has 0 radical (unpaired) electrons. The maximum Gasteiger partial charge on any atom is 0.315 e. The van der Waals surface area contributed by atoms with E-state index in [0.29, 0.717) is 5.89 Å². The Hall–Kier alpha value is -1.30. The SMILES string of the molecule is CC(C)NC(=O)CNc1nnc(CCl)o1. The van der Waals surface area contributed by atoms with E-state index in [2.05, 4.69) is 20.8 Å². The van der Waals surface area contributed by atoms with E-state index in [0.717, 1.165) is 0 Å². The van der Waals surface area contributed by atoms with E-state index in [1.165, 1.54) is 0 Å². The lowest BCUT2D eigenvalue weighted by atomic mass is 10.4. The molecule has 1 heterocycles. The second-order valence-electron chi connectivity index (χ2n) is 3.21. The summed E-state index contributed by atoms with van der Waals surface area (Å²) in [6.07, 6.45) is 0. The zero-order valence-corrected chi connectivity index (χ0v) is 9.34. The van der Waals surface area contributed by atoms with E-state index in [4.69, 9.17) is 16.0 Å². The first-order valence-corrected chi connectivity index (χ1v) is 5.07. The van der Waals surface area contributed by atoms with Crippen molar-refractivity contribution in [2.45, 2.75) is 25.8 Å². The number of hydrogen-bond acceptors (Lipinski definition) is 5. The van der Waals surface area contributed by atoms with E-state index < -0.39 is 0 Å². The summed E-state index contributed by atoms with van der Waals surface area (Å²) in [7, 11) is 0. The van der Waals surface area contributed by atoms with Crippen LogP contribution in [-0.4, -0.2) is 28.7 Å². The van der Waals surface area contributed by atoms with Gasteiger partial charge in [0.1, 0.15) is 5.88 Å². The molecule has 15 heavy (non-hydrogen) atoms. The largest absolute Gasteiger partial charge is 0.407 e. The Balaban J connectivity index is 2.33. The highest BCUT2D eigenvalue weighted by Crippen LogP contribution is 2.06. The van der Waals surface area contributed by atoms with Crippen LogP contribution in [0.2, 0.25) is 0 Å². The molecular weight excluding hydrogens is 220 g/mol. The first kappa shape index (κ1) is 11.8. The van der Waals surface area contributed by atoms with Gasteiger partial charge in [0.05, 0.1) is 6.54 Å². The highest BCUT2D eigenvalue weighted by atomic mass is 35.5. The van der Waals surface area contributed by atoms with E-state index >= 15 is 0 Å². The van der Waals surface area contributed by atoms with Gasteiger partial charge in [-0.25, -0.2) is 0 Å². The number of carbonyl (C=O) groups is 1. The fourth-order valence-electron chi connectivity index (χ4n) is 0.908. The van der Waals surface area contributed by atoms with Gasteiger partial charge in [0, 0.05) is 6.04 Å². The molecule has 0 saturated heterocycles. The Morgan fingerprint density at radius 2 is 2.27 bits per heavy atom. The average Bonchev–Trinajstić information content (AvgIpc) is 2.61. The minimum Gasteiger partial charge on any atom is -0.407 e. The number of nitrogens with zero attached hydrogens (tertiary/aromatic N) is 2. The van der Waals surface area contributed by atoms with Crippen molar-refractivity contribution in [3.8, 4) is 0 Å². The molecule has 0 unspecified atom stereocenters. The monoisotopic (exact) mass is 232 g/mol. The molecule has 1 aromatic rings. The van der Waals surface area contributed by atoms with E-state index in [1.807, 2.05) is 13.8 Å². The number of alkyl halides is 1. The molecule has 0 aliphatic rings. The van der Waals surface area contributed by atoms with Crippen LogP contribution in [-0.2, 0) is 10.7 Å². The zero-order chi connectivity index (χ0) is 11.3. The molecule has 0 aliphatic heterocycles. The van der Waals surface area contributed by atoms with Gasteiger partial charge in [-0.2, -0.15) is 0 Å².